The second kappa shape index (κ2) is 8.22. The highest BCUT2D eigenvalue weighted by Crippen LogP contribution is 2.22. The van der Waals surface area contributed by atoms with Crippen molar-refractivity contribution in [2.24, 2.45) is 0 Å². The minimum Gasteiger partial charge on any atom is -0.435 e. The molecule has 2 amide bonds. The Labute approximate surface area is 152 Å². The Balaban J connectivity index is 1.60. The van der Waals surface area contributed by atoms with Crippen LogP contribution < -0.4 is 10.1 Å². The number of hydrogen-bond acceptors (Lipinski definition) is 5. The molecule has 6 nitrogen and oxygen atoms in total. The number of anilines is 1. The van der Waals surface area contributed by atoms with E-state index in [-0.39, 0.29) is 24.0 Å². The maximum absolute atomic E-state index is 12.6. The van der Waals surface area contributed by atoms with Crippen LogP contribution in [0, 0.1) is 0 Å². The van der Waals surface area contributed by atoms with E-state index in [4.69, 9.17) is 0 Å². The number of halogens is 2. The van der Waals surface area contributed by atoms with Crippen molar-refractivity contribution < 1.29 is 23.1 Å². The number of ether oxygens (including phenoxy) is 1. The summed E-state index contributed by atoms with van der Waals surface area (Å²) in [6.45, 7) is -2.37. The summed E-state index contributed by atoms with van der Waals surface area (Å²) in [7, 11) is 0. The zero-order valence-electron chi connectivity index (χ0n) is 13.7. The molecule has 1 fully saturated rings. The van der Waals surface area contributed by atoms with Crippen LogP contribution in [0.4, 0.5) is 13.9 Å². The lowest BCUT2D eigenvalue weighted by Crippen LogP contribution is -2.43. The second-order valence-corrected chi connectivity index (χ2v) is 6.67. The normalized spacial score (nSPS) is 16.7. The first-order chi connectivity index (χ1) is 12.5. The van der Waals surface area contributed by atoms with Gasteiger partial charge < -0.3 is 15.0 Å². The van der Waals surface area contributed by atoms with Crippen molar-refractivity contribution in [2.45, 2.75) is 31.9 Å². The summed E-state index contributed by atoms with van der Waals surface area (Å²) in [6.07, 6.45) is 3.04. The van der Waals surface area contributed by atoms with E-state index in [1.807, 2.05) is 0 Å². The van der Waals surface area contributed by atoms with Crippen molar-refractivity contribution in [3.8, 4) is 5.75 Å². The molecule has 1 N–H and O–H groups in total. The molecular weight excluding hydrogens is 364 g/mol. The van der Waals surface area contributed by atoms with Gasteiger partial charge in [-0.05, 0) is 30.5 Å². The van der Waals surface area contributed by atoms with E-state index >= 15 is 0 Å². The monoisotopic (exact) mass is 381 g/mol. The van der Waals surface area contributed by atoms with Crippen LogP contribution in [-0.2, 0) is 16.0 Å². The predicted molar refractivity (Wildman–Crippen MR) is 92.3 cm³/mol. The molecule has 1 unspecified atom stereocenters. The third-order valence-corrected chi connectivity index (χ3v) is 4.73. The standard InChI is InChI=1S/C17H17F2N3O3S/c18-16(19)25-12-5-3-11(4-6-12)10-14(23)22-8-1-2-13(22)15(24)21-17-20-7-9-26-17/h3-7,9,13,16H,1-2,8,10H2,(H,20,21,24). The Morgan fingerprint density at radius 1 is 1.35 bits per heavy atom. The molecule has 2 aromatic rings. The van der Waals surface area contributed by atoms with Crippen LogP contribution in [0.5, 0.6) is 5.75 Å². The summed E-state index contributed by atoms with van der Waals surface area (Å²) in [5.74, 6) is -0.381. The third-order valence-electron chi connectivity index (χ3n) is 4.04. The Morgan fingerprint density at radius 3 is 2.77 bits per heavy atom. The fourth-order valence-corrected chi connectivity index (χ4v) is 3.41. The maximum atomic E-state index is 12.6. The van der Waals surface area contributed by atoms with E-state index < -0.39 is 12.7 Å². The van der Waals surface area contributed by atoms with Gasteiger partial charge in [0.25, 0.3) is 0 Å². The number of nitrogens with zero attached hydrogens (tertiary/aromatic N) is 2. The molecule has 1 aromatic heterocycles. The molecule has 9 heteroatoms. The molecule has 0 bridgehead atoms. The number of aromatic nitrogens is 1. The highest BCUT2D eigenvalue weighted by Gasteiger charge is 2.34. The minimum absolute atomic E-state index is 0.0399. The SMILES string of the molecule is O=C(Nc1nccs1)C1CCCN1C(=O)Cc1ccc(OC(F)F)cc1. The molecule has 1 atom stereocenters. The lowest BCUT2D eigenvalue weighted by Gasteiger charge is -2.23. The number of carbonyl (C=O) groups is 2. The summed E-state index contributed by atoms with van der Waals surface area (Å²) in [5.41, 5.74) is 0.669. The lowest BCUT2D eigenvalue weighted by atomic mass is 10.1. The summed E-state index contributed by atoms with van der Waals surface area (Å²) < 4.78 is 28.6. The zero-order valence-corrected chi connectivity index (χ0v) is 14.5. The Kier molecular flexibility index (Phi) is 5.77. The summed E-state index contributed by atoms with van der Waals surface area (Å²) in [6, 6.07) is 5.40. The van der Waals surface area contributed by atoms with Gasteiger partial charge in [0.2, 0.25) is 11.8 Å². The molecule has 1 saturated heterocycles. The fourth-order valence-electron chi connectivity index (χ4n) is 2.88. The number of rotatable bonds is 6. The summed E-state index contributed by atoms with van der Waals surface area (Å²) in [4.78, 5) is 30.6. The zero-order chi connectivity index (χ0) is 18.5. The molecule has 138 valence electrons. The average Bonchev–Trinajstić information content (AvgIpc) is 3.27. The Bertz CT molecular complexity index is 753. The number of thiazole rings is 1. The Morgan fingerprint density at radius 2 is 2.12 bits per heavy atom. The minimum atomic E-state index is -2.89. The van der Waals surface area contributed by atoms with Crippen LogP contribution in [0.15, 0.2) is 35.8 Å². The van der Waals surface area contributed by atoms with Crippen molar-refractivity contribution in [2.75, 3.05) is 11.9 Å². The highest BCUT2D eigenvalue weighted by molar-refractivity contribution is 7.13. The van der Waals surface area contributed by atoms with E-state index in [0.29, 0.717) is 23.7 Å². The first-order valence-electron chi connectivity index (χ1n) is 8.06. The molecule has 2 heterocycles. The number of nitrogens with one attached hydrogen (secondary N) is 1. The summed E-state index contributed by atoms with van der Waals surface area (Å²) >= 11 is 1.32. The molecule has 1 aliphatic rings. The van der Waals surface area contributed by atoms with Crippen LogP contribution in [-0.4, -0.2) is 40.9 Å². The van der Waals surface area contributed by atoms with Crippen LogP contribution >= 0.6 is 11.3 Å². The molecule has 0 spiro atoms. The van der Waals surface area contributed by atoms with Gasteiger partial charge in [0, 0.05) is 18.1 Å². The van der Waals surface area contributed by atoms with Gasteiger partial charge in [0.05, 0.1) is 6.42 Å². The van der Waals surface area contributed by atoms with Crippen molar-refractivity contribution >= 4 is 28.3 Å². The molecule has 26 heavy (non-hydrogen) atoms. The number of benzene rings is 1. The molecule has 0 radical (unpaired) electrons. The summed E-state index contributed by atoms with van der Waals surface area (Å²) in [5, 5.41) is 4.99. The van der Waals surface area contributed by atoms with Crippen LogP contribution in [0.2, 0.25) is 0 Å². The van der Waals surface area contributed by atoms with E-state index in [0.717, 1.165) is 6.42 Å². The van der Waals surface area contributed by atoms with E-state index in [1.165, 1.54) is 23.5 Å². The molecule has 3 rings (SSSR count). The van der Waals surface area contributed by atoms with Gasteiger partial charge in [0.1, 0.15) is 11.8 Å². The number of hydrogen-bond donors (Lipinski definition) is 1. The lowest BCUT2D eigenvalue weighted by molar-refractivity contribution is -0.136. The van der Waals surface area contributed by atoms with Gasteiger partial charge in [-0.1, -0.05) is 12.1 Å². The van der Waals surface area contributed by atoms with Gasteiger partial charge in [0.15, 0.2) is 5.13 Å². The second-order valence-electron chi connectivity index (χ2n) is 5.77. The average molecular weight is 381 g/mol. The predicted octanol–water partition coefficient (Wildman–Crippen LogP) is 2.92. The number of amides is 2. The largest absolute Gasteiger partial charge is 0.435 e. The van der Waals surface area contributed by atoms with Gasteiger partial charge in [-0.2, -0.15) is 8.78 Å². The first kappa shape index (κ1) is 18.2. The fraction of sp³-hybridized carbons (Fsp3) is 0.353. The maximum Gasteiger partial charge on any atom is 0.387 e. The van der Waals surface area contributed by atoms with Crippen molar-refractivity contribution in [3.63, 3.8) is 0 Å². The third kappa shape index (κ3) is 4.54. The highest BCUT2D eigenvalue weighted by atomic mass is 32.1. The smallest absolute Gasteiger partial charge is 0.387 e. The van der Waals surface area contributed by atoms with Crippen molar-refractivity contribution in [1.82, 2.24) is 9.88 Å². The number of alkyl halides is 2. The first-order valence-corrected chi connectivity index (χ1v) is 8.94. The van der Waals surface area contributed by atoms with Gasteiger partial charge in [-0.3, -0.25) is 9.59 Å². The molecule has 1 aromatic carbocycles. The van der Waals surface area contributed by atoms with Crippen LogP contribution in [0.3, 0.4) is 0 Å². The van der Waals surface area contributed by atoms with Crippen LogP contribution in [0.25, 0.3) is 0 Å². The topological polar surface area (TPSA) is 71.5 Å². The number of likely N-dealkylation sites (tertiary alicyclic amines) is 1. The van der Waals surface area contributed by atoms with Gasteiger partial charge in [-0.25, -0.2) is 4.98 Å². The van der Waals surface area contributed by atoms with Crippen molar-refractivity contribution in [3.05, 3.63) is 41.4 Å². The molecular formula is C17H17F2N3O3S. The van der Waals surface area contributed by atoms with Gasteiger partial charge in [-0.15, -0.1) is 11.3 Å². The Hall–Kier alpha value is -2.55. The number of carbonyl (C=O) groups excluding carboxylic acids is 2. The van der Waals surface area contributed by atoms with Crippen LogP contribution in [0.1, 0.15) is 18.4 Å². The quantitative estimate of drug-likeness (QED) is 0.835. The van der Waals surface area contributed by atoms with E-state index in [1.54, 1.807) is 28.6 Å². The van der Waals surface area contributed by atoms with Crippen molar-refractivity contribution in [1.29, 1.82) is 0 Å². The van der Waals surface area contributed by atoms with E-state index in [9.17, 15) is 18.4 Å². The molecule has 0 aliphatic carbocycles. The molecule has 1 aliphatic heterocycles. The molecule has 0 saturated carbocycles. The van der Waals surface area contributed by atoms with E-state index in [2.05, 4.69) is 15.0 Å². The van der Waals surface area contributed by atoms with Gasteiger partial charge >= 0.3 is 6.61 Å².